The molecule has 1 rings (SSSR count). The SMILES string of the molecule is CCNC(=O)NCCCOC(=O)CCC(=O)c1ccc(F)cc1F. The first-order chi connectivity index (χ1) is 11.4. The number of nitrogens with one attached hydrogen (secondary N) is 2. The van der Waals surface area contributed by atoms with Gasteiger partial charge >= 0.3 is 12.0 Å². The maximum absolute atomic E-state index is 13.4. The molecular weight excluding hydrogens is 322 g/mol. The lowest BCUT2D eigenvalue weighted by Gasteiger charge is -2.07. The zero-order chi connectivity index (χ0) is 17.9. The number of benzene rings is 1. The van der Waals surface area contributed by atoms with Gasteiger partial charge in [-0.2, -0.15) is 0 Å². The van der Waals surface area contributed by atoms with Crippen LogP contribution < -0.4 is 10.6 Å². The molecule has 1 aromatic rings. The van der Waals surface area contributed by atoms with Crippen LogP contribution in [0.5, 0.6) is 0 Å². The topological polar surface area (TPSA) is 84.5 Å². The van der Waals surface area contributed by atoms with E-state index in [2.05, 4.69) is 10.6 Å². The van der Waals surface area contributed by atoms with Crippen molar-refractivity contribution < 1.29 is 27.9 Å². The highest BCUT2D eigenvalue weighted by Gasteiger charge is 2.14. The lowest BCUT2D eigenvalue weighted by Crippen LogP contribution is -2.36. The highest BCUT2D eigenvalue weighted by Crippen LogP contribution is 2.13. The number of urea groups is 1. The fourth-order valence-electron chi connectivity index (χ4n) is 1.82. The van der Waals surface area contributed by atoms with E-state index in [1.807, 2.05) is 0 Å². The summed E-state index contributed by atoms with van der Waals surface area (Å²) in [5, 5.41) is 5.12. The molecule has 0 radical (unpaired) electrons. The van der Waals surface area contributed by atoms with Crippen LogP contribution in [0.2, 0.25) is 0 Å². The Bertz CT molecular complexity index is 593. The number of hydrogen-bond acceptors (Lipinski definition) is 4. The van der Waals surface area contributed by atoms with Gasteiger partial charge in [-0.05, 0) is 25.5 Å². The molecule has 1 aromatic carbocycles. The van der Waals surface area contributed by atoms with E-state index in [1.54, 1.807) is 6.92 Å². The summed E-state index contributed by atoms with van der Waals surface area (Å²) in [5.74, 6) is -2.92. The predicted molar refractivity (Wildman–Crippen MR) is 82.6 cm³/mol. The smallest absolute Gasteiger partial charge is 0.314 e. The van der Waals surface area contributed by atoms with Gasteiger partial charge in [0.2, 0.25) is 0 Å². The lowest BCUT2D eigenvalue weighted by atomic mass is 10.1. The van der Waals surface area contributed by atoms with Gasteiger partial charge < -0.3 is 15.4 Å². The van der Waals surface area contributed by atoms with Crippen molar-refractivity contribution in [3.8, 4) is 0 Å². The van der Waals surface area contributed by atoms with Gasteiger partial charge in [-0.3, -0.25) is 9.59 Å². The van der Waals surface area contributed by atoms with Crippen molar-refractivity contribution in [1.29, 1.82) is 0 Å². The van der Waals surface area contributed by atoms with E-state index < -0.39 is 23.4 Å². The van der Waals surface area contributed by atoms with Crippen molar-refractivity contribution in [2.24, 2.45) is 0 Å². The maximum Gasteiger partial charge on any atom is 0.314 e. The molecule has 0 aromatic heterocycles. The van der Waals surface area contributed by atoms with E-state index in [4.69, 9.17) is 4.74 Å². The van der Waals surface area contributed by atoms with Gasteiger partial charge in [-0.25, -0.2) is 13.6 Å². The van der Waals surface area contributed by atoms with E-state index in [1.165, 1.54) is 0 Å². The van der Waals surface area contributed by atoms with E-state index in [9.17, 15) is 23.2 Å². The Morgan fingerprint density at radius 3 is 2.54 bits per heavy atom. The van der Waals surface area contributed by atoms with Crippen LogP contribution >= 0.6 is 0 Å². The fourth-order valence-corrected chi connectivity index (χ4v) is 1.82. The Balaban J connectivity index is 2.21. The summed E-state index contributed by atoms with van der Waals surface area (Å²) in [5.41, 5.74) is -0.254. The number of esters is 1. The monoisotopic (exact) mass is 342 g/mol. The second kappa shape index (κ2) is 10.3. The molecule has 6 nitrogen and oxygen atoms in total. The molecule has 0 heterocycles. The Hall–Kier alpha value is -2.51. The van der Waals surface area contributed by atoms with Gasteiger partial charge in [0.05, 0.1) is 18.6 Å². The summed E-state index contributed by atoms with van der Waals surface area (Å²) in [4.78, 5) is 34.3. The number of halogens is 2. The summed E-state index contributed by atoms with van der Waals surface area (Å²) in [6.07, 6.45) is 0.0152. The molecule has 2 amide bonds. The summed E-state index contributed by atoms with van der Waals surface area (Å²) in [6.45, 7) is 2.76. The van der Waals surface area contributed by atoms with Crippen LogP contribution in [0.4, 0.5) is 13.6 Å². The molecule has 24 heavy (non-hydrogen) atoms. The number of carbonyl (C=O) groups is 3. The predicted octanol–water partition coefficient (Wildman–Crippen LogP) is 2.18. The molecule has 0 atom stereocenters. The van der Waals surface area contributed by atoms with E-state index in [0.29, 0.717) is 25.6 Å². The highest BCUT2D eigenvalue weighted by molar-refractivity contribution is 5.97. The highest BCUT2D eigenvalue weighted by atomic mass is 19.1. The minimum atomic E-state index is -0.954. The molecule has 0 bridgehead atoms. The van der Waals surface area contributed by atoms with Crippen LogP contribution in [0, 0.1) is 11.6 Å². The van der Waals surface area contributed by atoms with Gasteiger partial charge in [0.1, 0.15) is 11.6 Å². The van der Waals surface area contributed by atoms with Crippen LogP contribution in [-0.4, -0.2) is 37.5 Å². The third-order valence-corrected chi connectivity index (χ3v) is 2.99. The Labute approximate surface area is 138 Å². The molecule has 0 aliphatic rings. The van der Waals surface area contributed by atoms with E-state index in [-0.39, 0.29) is 31.0 Å². The number of Topliss-reactive ketones (excluding diaryl/α,β-unsaturated/α-hetero) is 1. The molecule has 0 spiro atoms. The first-order valence-electron chi connectivity index (χ1n) is 7.59. The van der Waals surface area contributed by atoms with Gasteiger partial charge in [0, 0.05) is 25.6 Å². The van der Waals surface area contributed by atoms with Gasteiger partial charge in [0.15, 0.2) is 5.78 Å². The average Bonchev–Trinajstić information content (AvgIpc) is 2.52. The van der Waals surface area contributed by atoms with Gasteiger partial charge in [-0.1, -0.05) is 0 Å². The minimum absolute atomic E-state index is 0.102. The number of ether oxygens (including phenoxy) is 1. The average molecular weight is 342 g/mol. The molecule has 0 fully saturated rings. The number of rotatable bonds is 9. The third kappa shape index (κ3) is 7.17. The van der Waals surface area contributed by atoms with Crippen LogP contribution in [0.15, 0.2) is 18.2 Å². The summed E-state index contributed by atoms with van der Waals surface area (Å²) in [6, 6.07) is 2.35. The molecule has 0 aliphatic heterocycles. The molecule has 2 N–H and O–H groups in total. The zero-order valence-electron chi connectivity index (χ0n) is 13.4. The number of ketones is 1. The molecular formula is C16H20F2N2O4. The lowest BCUT2D eigenvalue weighted by molar-refractivity contribution is -0.143. The van der Waals surface area contributed by atoms with Crippen molar-refractivity contribution in [3.63, 3.8) is 0 Å². The Kier molecular flexibility index (Phi) is 8.38. The first kappa shape index (κ1) is 19.5. The minimum Gasteiger partial charge on any atom is -0.466 e. The third-order valence-electron chi connectivity index (χ3n) is 2.99. The van der Waals surface area contributed by atoms with Crippen LogP contribution in [0.25, 0.3) is 0 Å². The van der Waals surface area contributed by atoms with Crippen molar-refractivity contribution >= 4 is 17.8 Å². The van der Waals surface area contributed by atoms with Gasteiger partial charge in [-0.15, -0.1) is 0 Å². The van der Waals surface area contributed by atoms with Crippen molar-refractivity contribution in [3.05, 3.63) is 35.4 Å². The normalized spacial score (nSPS) is 10.1. The molecule has 0 aliphatic carbocycles. The van der Waals surface area contributed by atoms with Crippen LogP contribution in [-0.2, 0) is 9.53 Å². The second-order valence-electron chi connectivity index (χ2n) is 4.91. The summed E-state index contributed by atoms with van der Waals surface area (Å²) < 4.78 is 31.1. The molecule has 0 unspecified atom stereocenters. The summed E-state index contributed by atoms with van der Waals surface area (Å²) >= 11 is 0. The standard InChI is InChI=1S/C16H20F2N2O4/c1-2-19-16(23)20-8-3-9-24-15(22)7-6-14(21)12-5-4-11(17)10-13(12)18/h4-5,10H,2-3,6-9H2,1H3,(H2,19,20,23). The van der Waals surface area contributed by atoms with E-state index >= 15 is 0 Å². The Morgan fingerprint density at radius 1 is 1.12 bits per heavy atom. The second-order valence-corrected chi connectivity index (χ2v) is 4.91. The summed E-state index contributed by atoms with van der Waals surface area (Å²) in [7, 11) is 0. The van der Waals surface area contributed by atoms with Crippen molar-refractivity contribution in [2.75, 3.05) is 19.7 Å². The van der Waals surface area contributed by atoms with Crippen LogP contribution in [0.3, 0.4) is 0 Å². The van der Waals surface area contributed by atoms with Crippen LogP contribution in [0.1, 0.15) is 36.5 Å². The molecule has 8 heteroatoms. The number of hydrogen-bond donors (Lipinski definition) is 2. The molecule has 132 valence electrons. The van der Waals surface area contributed by atoms with Crippen molar-refractivity contribution in [1.82, 2.24) is 10.6 Å². The fraction of sp³-hybridized carbons (Fsp3) is 0.438. The molecule has 0 saturated carbocycles. The number of carbonyl (C=O) groups excluding carboxylic acids is 3. The maximum atomic E-state index is 13.4. The molecule has 0 saturated heterocycles. The number of amides is 2. The quantitative estimate of drug-likeness (QED) is 0.409. The first-order valence-corrected chi connectivity index (χ1v) is 7.59. The van der Waals surface area contributed by atoms with Gasteiger partial charge in [0.25, 0.3) is 0 Å². The zero-order valence-corrected chi connectivity index (χ0v) is 13.4. The Morgan fingerprint density at radius 2 is 1.88 bits per heavy atom. The largest absolute Gasteiger partial charge is 0.466 e. The van der Waals surface area contributed by atoms with Crippen molar-refractivity contribution in [2.45, 2.75) is 26.2 Å². The van der Waals surface area contributed by atoms with E-state index in [0.717, 1.165) is 12.1 Å².